The van der Waals surface area contributed by atoms with Gasteiger partial charge in [0.05, 0.1) is 6.10 Å². The molecule has 0 saturated heterocycles. The van der Waals surface area contributed by atoms with Crippen molar-refractivity contribution >= 4 is 11.6 Å². The number of aliphatic hydroxyl groups excluding tert-OH is 1. The summed E-state index contributed by atoms with van der Waals surface area (Å²) >= 11 is 0. The van der Waals surface area contributed by atoms with Crippen molar-refractivity contribution in [3.8, 4) is 5.75 Å². The molecule has 0 heterocycles. The molecule has 1 unspecified atom stereocenters. The summed E-state index contributed by atoms with van der Waals surface area (Å²) in [6.07, 6.45) is -1.07. The van der Waals surface area contributed by atoms with E-state index in [2.05, 4.69) is 5.32 Å². The highest BCUT2D eigenvalue weighted by Crippen LogP contribution is 2.16. The van der Waals surface area contributed by atoms with E-state index < -0.39 is 12.0 Å². The molecule has 1 aromatic rings. The number of nitrogens with one attached hydrogen (secondary N) is 1. The summed E-state index contributed by atoms with van der Waals surface area (Å²) < 4.78 is 5.46. The van der Waals surface area contributed by atoms with E-state index in [1.165, 1.54) is 0 Å². The lowest BCUT2D eigenvalue weighted by molar-refractivity contribution is -0.123. The second-order valence-electron chi connectivity index (χ2n) is 3.93. The van der Waals surface area contributed by atoms with Gasteiger partial charge < -0.3 is 20.9 Å². The molecule has 1 aromatic carbocycles. The van der Waals surface area contributed by atoms with Crippen molar-refractivity contribution in [2.45, 2.75) is 26.1 Å². The predicted molar refractivity (Wildman–Crippen MR) is 65.9 cm³/mol. The van der Waals surface area contributed by atoms with E-state index in [0.717, 1.165) is 5.75 Å². The molecule has 1 amide bonds. The van der Waals surface area contributed by atoms with Gasteiger partial charge in [0, 0.05) is 12.2 Å². The zero-order valence-corrected chi connectivity index (χ0v) is 10.0. The predicted octanol–water partition coefficient (Wildman–Crippen LogP) is 0.732. The van der Waals surface area contributed by atoms with Crippen LogP contribution in [0.3, 0.4) is 0 Å². The molecule has 0 aliphatic rings. The first-order valence-corrected chi connectivity index (χ1v) is 5.48. The maximum absolute atomic E-state index is 11.3. The molecule has 0 saturated carbocycles. The molecule has 5 heteroatoms. The summed E-state index contributed by atoms with van der Waals surface area (Å²) in [6, 6.07) is 6.92. The molecule has 4 N–H and O–H groups in total. The topological polar surface area (TPSA) is 84.6 Å². The maximum atomic E-state index is 11.3. The van der Waals surface area contributed by atoms with Gasteiger partial charge in [0.15, 0.2) is 0 Å². The number of rotatable bonds is 5. The van der Waals surface area contributed by atoms with Gasteiger partial charge in [0.2, 0.25) is 0 Å². The molecular weight excluding hydrogens is 220 g/mol. The quantitative estimate of drug-likeness (QED) is 0.706. The van der Waals surface area contributed by atoms with Crippen molar-refractivity contribution in [2.75, 3.05) is 11.9 Å². The lowest BCUT2D eigenvalue weighted by Gasteiger charge is -2.11. The fraction of sp³-hybridized carbons (Fsp3) is 0.417. The molecule has 0 bridgehead atoms. The Balaban J connectivity index is 2.59. The molecule has 0 spiro atoms. The monoisotopic (exact) mass is 238 g/mol. The Labute approximate surface area is 101 Å². The summed E-state index contributed by atoms with van der Waals surface area (Å²) in [5.74, 6) is 0.224. The molecule has 94 valence electrons. The van der Waals surface area contributed by atoms with Crippen LogP contribution in [0.2, 0.25) is 0 Å². The van der Waals surface area contributed by atoms with Crippen molar-refractivity contribution in [1.82, 2.24) is 0 Å². The molecule has 0 radical (unpaired) electrons. The SMILES string of the molecule is CC(C)Oc1ccc(NC(=O)C(O)CN)cc1. The Morgan fingerprint density at radius 2 is 2.00 bits per heavy atom. The van der Waals surface area contributed by atoms with Crippen LogP contribution in [0.4, 0.5) is 5.69 Å². The molecule has 0 aromatic heterocycles. The average Bonchev–Trinajstić information content (AvgIpc) is 2.30. The second kappa shape index (κ2) is 6.22. The van der Waals surface area contributed by atoms with Crippen LogP contribution in [0.5, 0.6) is 5.75 Å². The van der Waals surface area contributed by atoms with E-state index in [9.17, 15) is 9.90 Å². The van der Waals surface area contributed by atoms with Crippen LogP contribution in [-0.2, 0) is 4.79 Å². The Bertz CT molecular complexity index is 363. The first-order chi connectivity index (χ1) is 8.02. The van der Waals surface area contributed by atoms with Gasteiger partial charge in [-0.25, -0.2) is 0 Å². The van der Waals surface area contributed by atoms with Crippen LogP contribution in [0.15, 0.2) is 24.3 Å². The number of hydrogen-bond acceptors (Lipinski definition) is 4. The first kappa shape index (κ1) is 13.5. The molecule has 1 rings (SSSR count). The van der Waals surface area contributed by atoms with Gasteiger partial charge in [-0.05, 0) is 38.1 Å². The zero-order valence-electron chi connectivity index (χ0n) is 10.0. The summed E-state index contributed by atoms with van der Waals surface area (Å²) in [5.41, 5.74) is 5.77. The Hall–Kier alpha value is -1.59. The van der Waals surface area contributed by atoms with Crippen molar-refractivity contribution in [2.24, 2.45) is 5.73 Å². The van der Waals surface area contributed by atoms with E-state index in [4.69, 9.17) is 10.5 Å². The van der Waals surface area contributed by atoms with Crippen LogP contribution in [-0.4, -0.2) is 29.8 Å². The number of benzene rings is 1. The van der Waals surface area contributed by atoms with Crippen molar-refractivity contribution in [3.63, 3.8) is 0 Å². The molecule has 17 heavy (non-hydrogen) atoms. The highest BCUT2D eigenvalue weighted by molar-refractivity contribution is 5.94. The van der Waals surface area contributed by atoms with Crippen LogP contribution in [0.1, 0.15) is 13.8 Å². The number of carbonyl (C=O) groups excluding carboxylic acids is 1. The molecule has 5 nitrogen and oxygen atoms in total. The lowest BCUT2D eigenvalue weighted by Crippen LogP contribution is -2.34. The average molecular weight is 238 g/mol. The van der Waals surface area contributed by atoms with Crippen molar-refractivity contribution < 1.29 is 14.6 Å². The standard InChI is InChI=1S/C12H18N2O3/c1-8(2)17-10-5-3-9(4-6-10)14-12(16)11(15)7-13/h3-6,8,11,15H,7,13H2,1-2H3,(H,14,16). The number of nitrogens with two attached hydrogens (primary N) is 1. The number of carbonyl (C=O) groups is 1. The van der Waals surface area contributed by atoms with E-state index in [0.29, 0.717) is 5.69 Å². The van der Waals surface area contributed by atoms with Gasteiger partial charge in [-0.1, -0.05) is 0 Å². The molecule has 1 atom stereocenters. The van der Waals surface area contributed by atoms with Gasteiger partial charge in [0.1, 0.15) is 11.9 Å². The molecular formula is C12H18N2O3. The van der Waals surface area contributed by atoms with E-state index >= 15 is 0 Å². The third kappa shape index (κ3) is 4.42. The van der Waals surface area contributed by atoms with Crippen LogP contribution < -0.4 is 15.8 Å². The van der Waals surface area contributed by atoms with Crippen LogP contribution >= 0.6 is 0 Å². The number of hydrogen-bond donors (Lipinski definition) is 3. The Morgan fingerprint density at radius 3 is 2.47 bits per heavy atom. The van der Waals surface area contributed by atoms with E-state index in [1.54, 1.807) is 24.3 Å². The minimum absolute atomic E-state index is 0.0968. The summed E-state index contributed by atoms with van der Waals surface area (Å²) in [6.45, 7) is 3.78. The fourth-order valence-corrected chi connectivity index (χ4v) is 1.22. The van der Waals surface area contributed by atoms with Crippen LogP contribution in [0, 0.1) is 0 Å². The zero-order chi connectivity index (χ0) is 12.8. The van der Waals surface area contributed by atoms with E-state index in [-0.39, 0.29) is 12.6 Å². The normalized spacial score (nSPS) is 12.3. The lowest BCUT2D eigenvalue weighted by atomic mass is 10.2. The minimum atomic E-state index is -1.18. The third-order valence-electron chi connectivity index (χ3n) is 2.02. The molecule has 0 aliphatic heterocycles. The van der Waals surface area contributed by atoms with Gasteiger partial charge in [0.25, 0.3) is 5.91 Å². The minimum Gasteiger partial charge on any atom is -0.491 e. The highest BCUT2D eigenvalue weighted by Gasteiger charge is 2.12. The Kier molecular flexibility index (Phi) is 4.93. The van der Waals surface area contributed by atoms with Gasteiger partial charge >= 0.3 is 0 Å². The largest absolute Gasteiger partial charge is 0.491 e. The van der Waals surface area contributed by atoms with E-state index in [1.807, 2.05) is 13.8 Å². The number of amides is 1. The second-order valence-corrected chi connectivity index (χ2v) is 3.93. The third-order valence-corrected chi connectivity index (χ3v) is 2.02. The number of ether oxygens (including phenoxy) is 1. The summed E-state index contributed by atoms with van der Waals surface area (Å²) in [4.78, 5) is 11.3. The fourth-order valence-electron chi connectivity index (χ4n) is 1.22. The van der Waals surface area contributed by atoms with Crippen molar-refractivity contribution in [1.29, 1.82) is 0 Å². The highest BCUT2D eigenvalue weighted by atomic mass is 16.5. The van der Waals surface area contributed by atoms with Gasteiger partial charge in [-0.3, -0.25) is 4.79 Å². The number of anilines is 1. The van der Waals surface area contributed by atoms with Crippen molar-refractivity contribution in [3.05, 3.63) is 24.3 Å². The molecule has 0 fully saturated rings. The van der Waals surface area contributed by atoms with Crippen LogP contribution in [0.25, 0.3) is 0 Å². The Morgan fingerprint density at radius 1 is 1.41 bits per heavy atom. The summed E-state index contributed by atoms with van der Waals surface area (Å²) in [5, 5.41) is 11.7. The van der Waals surface area contributed by atoms with Gasteiger partial charge in [-0.15, -0.1) is 0 Å². The number of aliphatic hydroxyl groups is 1. The summed E-state index contributed by atoms with van der Waals surface area (Å²) in [7, 11) is 0. The molecule has 0 aliphatic carbocycles. The smallest absolute Gasteiger partial charge is 0.254 e. The first-order valence-electron chi connectivity index (χ1n) is 5.48. The maximum Gasteiger partial charge on any atom is 0.254 e. The van der Waals surface area contributed by atoms with Gasteiger partial charge in [-0.2, -0.15) is 0 Å².